The molecule has 3 rings (SSSR count). The highest BCUT2D eigenvalue weighted by Gasteiger charge is 2.31. The Balaban J connectivity index is 2.38. The number of benzene rings is 3. The zero-order valence-corrected chi connectivity index (χ0v) is 19.9. The normalized spacial score (nSPS) is 13.0. The molecule has 0 fully saturated rings. The minimum absolute atomic E-state index is 0.525. The standard InChI is InChI=1S/C27H31ClO3/c1-16(2)13-18-7-8-20-14-17(3)23(25(26(29)30)31-27(4,5)6)24(22(20)15-18)19-9-11-21(28)12-10-19/h7-12,14-16,25H,13H2,1-6H3,(H,29,30). The molecule has 0 saturated carbocycles. The Hall–Kier alpha value is -2.36. The first-order chi connectivity index (χ1) is 14.5. The largest absolute Gasteiger partial charge is 0.479 e. The molecule has 0 aliphatic rings. The molecule has 4 heteroatoms. The van der Waals surface area contributed by atoms with Crippen molar-refractivity contribution in [2.45, 2.75) is 59.7 Å². The number of carbonyl (C=O) groups is 1. The Morgan fingerprint density at radius 2 is 1.71 bits per heavy atom. The van der Waals surface area contributed by atoms with Gasteiger partial charge in [0.1, 0.15) is 0 Å². The summed E-state index contributed by atoms with van der Waals surface area (Å²) in [7, 11) is 0. The van der Waals surface area contributed by atoms with Crippen LogP contribution in [0.3, 0.4) is 0 Å². The number of ether oxygens (including phenoxy) is 1. The lowest BCUT2D eigenvalue weighted by Crippen LogP contribution is -2.28. The van der Waals surface area contributed by atoms with Crippen molar-refractivity contribution in [3.8, 4) is 11.1 Å². The predicted molar refractivity (Wildman–Crippen MR) is 129 cm³/mol. The molecule has 31 heavy (non-hydrogen) atoms. The number of hydrogen-bond donors (Lipinski definition) is 1. The van der Waals surface area contributed by atoms with Gasteiger partial charge in [-0.15, -0.1) is 0 Å². The van der Waals surface area contributed by atoms with Gasteiger partial charge < -0.3 is 9.84 Å². The molecule has 1 atom stereocenters. The Labute approximate surface area is 190 Å². The van der Waals surface area contributed by atoms with Crippen LogP contribution in [-0.4, -0.2) is 16.7 Å². The van der Waals surface area contributed by atoms with E-state index in [0.29, 0.717) is 16.5 Å². The van der Waals surface area contributed by atoms with E-state index in [-0.39, 0.29) is 0 Å². The molecule has 3 aromatic carbocycles. The average molecular weight is 439 g/mol. The van der Waals surface area contributed by atoms with Crippen LogP contribution in [0.25, 0.3) is 21.9 Å². The fourth-order valence-corrected chi connectivity index (χ4v) is 4.18. The summed E-state index contributed by atoms with van der Waals surface area (Å²) in [6, 6.07) is 16.1. The van der Waals surface area contributed by atoms with Crippen molar-refractivity contribution < 1.29 is 14.6 Å². The fraction of sp³-hybridized carbons (Fsp3) is 0.370. The third kappa shape index (κ3) is 5.47. The van der Waals surface area contributed by atoms with Crippen LogP contribution in [0.2, 0.25) is 5.02 Å². The first-order valence-corrected chi connectivity index (χ1v) is 11.1. The van der Waals surface area contributed by atoms with Gasteiger partial charge in [0.25, 0.3) is 0 Å². The second kappa shape index (κ2) is 9.02. The molecule has 0 aliphatic carbocycles. The number of fused-ring (bicyclic) bond motifs is 1. The Kier molecular flexibility index (Phi) is 6.78. The van der Waals surface area contributed by atoms with Crippen molar-refractivity contribution in [2.75, 3.05) is 0 Å². The third-order valence-corrected chi connectivity index (χ3v) is 5.44. The van der Waals surface area contributed by atoms with E-state index >= 15 is 0 Å². The lowest BCUT2D eigenvalue weighted by atomic mass is 9.86. The number of hydrogen-bond acceptors (Lipinski definition) is 2. The summed E-state index contributed by atoms with van der Waals surface area (Å²) in [4.78, 5) is 12.4. The van der Waals surface area contributed by atoms with Crippen LogP contribution in [0.5, 0.6) is 0 Å². The van der Waals surface area contributed by atoms with Gasteiger partial charge in [0, 0.05) is 10.6 Å². The highest BCUT2D eigenvalue weighted by molar-refractivity contribution is 6.30. The molecule has 1 unspecified atom stereocenters. The molecule has 1 N–H and O–H groups in total. The highest BCUT2D eigenvalue weighted by atomic mass is 35.5. The zero-order chi connectivity index (χ0) is 22.9. The Morgan fingerprint density at radius 3 is 2.26 bits per heavy atom. The number of halogens is 1. The van der Waals surface area contributed by atoms with Gasteiger partial charge in [0.05, 0.1) is 5.60 Å². The summed E-state index contributed by atoms with van der Waals surface area (Å²) < 4.78 is 6.07. The molecule has 0 radical (unpaired) electrons. The smallest absolute Gasteiger partial charge is 0.337 e. The van der Waals surface area contributed by atoms with Gasteiger partial charge in [-0.05, 0) is 85.2 Å². The lowest BCUT2D eigenvalue weighted by Gasteiger charge is -2.28. The van der Waals surface area contributed by atoms with Crippen molar-refractivity contribution in [2.24, 2.45) is 5.92 Å². The van der Waals surface area contributed by atoms with E-state index in [1.807, 2.05) is 52.0 Å². The second-order valence-electron chi connectivity index (χ2n) is 9.59. The fourth-order valence-electron chi connectivity index (χ4n) is 4.05. The number of carboxylic acid groups (broad SMARTS) is 1. The summed E-state index contributed by atoms with van der Waals surface area (Å²) in [6.07, 6.45) is -0.121. The molecule has 0 amide bonds. The van der Waals surface area contributed by atoms with Crippen LogP contribution in [0.1, 0.15) is 57.4 Å². The molecular formula is C27H31ClO3. The zero-order valence-electron chi connectivity index (χ0n) is 19.1. The Bertz CT molecular complexity index is 1090. The minimum atomic E-state index is -1.08. The first-order valence-electron chi connectivity index (χ1n) is 10.7. The lowest BCUT2D eigenvalue weighted by molar-refractivity contribution is -0.160. The van der Waals surface area contributed by atoms with Crippen molar-refractivity contribution in [3.05, 3.63) is 70.2 Å². The Morgan fingerprint density at radius 1 is 1.06 bits per heavy atom. The van der Waals surface area contributed by atoms with Gasteiger partial charge in [-0.25, -0.2) is 4.79 Å². The number of rotatable bonds is 6. The van der Waals surface area contributed by atoms with Gasteiger partial charge in [-0.2, -0.15) is 0 Å². The van der Waals surface area contributed by atoms with E-state index in [4.69, 9.17) is 16.3 Å². The number of aryl methyl sites for hydroxylation is 1. The SMILES string of the molecule is Cc1cc2ccc(CC(C)C)cc2c(-c2ccc(Cl)cc2)c1C(OC(C)(C)C)C(=O)O. The summed E-state index contributed by atoms with van der Waals surface area (Å²) in [5, 5.41) is 12.9. The second-order valence-corrected chi connectivity index (χ2v) is 10.0. The molecule has 164 valence electrons. The van der Waals surface area contributed by atoms with Gasteiger partial charge in [0.15, 0.2) is 6.10 Å². The maximum Gasteiger partial charge on any atom is 0.337 e. The summed E-state index contributed by atoms with van der Waals surface area (Å²) in [5.41, 5.74) is 4.04. The van der Waals surface area contributed by atoms with Crippen molar-refractivity contribution in [1.29, 1.82) is 0 Å². The van der Waals surface area contributed by atoms with E-state index in [1.54, 1.807) is 0 Å². The van der Waals surface area contributed by atoms with Crippen molar-refractivity contribution in [3.63, 3.8) is 0 Å². The monoisotopic (exact) mass is 438 g/mol. The van der Waals surface area contributed by atoms with E-state index in [2.05, 4.69) is 38.1 Å². The topological polar surface area (TPSA) is 46.5 Å². The highest BCUT2D eigenvalue weighted by Crippen LogP contribution is 2.41. The molecule has 0 saturated heterocycles. The molecule has 0 spiro atoms. The van der Waals surface area contributed by atoms with E-state index < -0.39 is 17.7 Å². The maximum absolute atomic E-state index is 12.4. The van der Waals surface area contributed by atoms with Crippen molar-refractivity contribution >= 4 is 28.3 Å². The number of carboxylic acids is 1. The molecule has 0 aromatic heterocycles. The minimum Gasteiger partial charge on any atom is -0.479 e. The average Bonchev–Trinajstić information content (AvgIpc) is 2.65. The van der Waals surface area contributed by atoms with Gasteiger partial charge in [-0.1, -0.05) is 61.8 Å². The molecule has 3 aromatic rings. The third-order valence-electron chi connectivity index (χ3n) is 5.19. The summed E-state index contributed by atoms with van der Waals surface area (Å²) in [5.74, 6) is -0.469. The molecule has 0 heterocycles. The molecule has 0 aliphatic heterocycles. The van der Waals surface area contributed by atoms with Crippen LogP contribution in [-0.2, 0) is 16.0 Å². The molecule has 3 nitrogen and oxygen atoms in total. The molecular weight excluding hydrogens is 408 g/mol. The first kappa shape index (κ1) is 23.3. The van der Waals surface area contributed by atoms with Crippen LogP contribution >= 0.6 is 11.6 Å². The van der Waals surface area contributed by atoms with E-state index in [0.717, 1.165) is 33.9 Å². The van der Waals surface area contributed by atoms with Crippen LogP contribution < -0.4 is 0 Å². The summed E-state index contributed by atoms with van der Waals surface area (Å²) >= 11 is 6.15. The maximum atomic E-state index is 12.4. The molecule has 0 bridgehead atoms. The van der Waals surface area contributed by atoms with Crippen LogP contribution in [0, 0.1) is 12.8 Å². The summed E-state index contributed by atoms with van der Waals surface area (Å²) in [6.45, 7) is 12.0. The quantitative estimate of drug-likeness (QED) is 0.430. The van der Waals surface area contributed by atoms with Crippen molar-refractivity contribution in [1.82, 2.24) is 0 Å². The van der Waals surface area contributed by atoms with Gasteiger partial charge in [-0.3, -0.25) is 0 Å². The van der Waals surface area contributed by atoms with Gasteiger partial charge >= 0.3 is 5.97 Å². The van der Waals surface area contributed by atoms with E-state index in [9.17, 15) is 9.90 Å². The van der Waals surface area contributed by atoms with Crippen LogP contribution in [0.15, 0.2) is 48.5 Å². The van der Waals surface area contributed by atoms with Gasteiger partial charge in [0.2, 0.25) is 0 Å². The van der Waals surface area contributed by atoms with E-state index in [1.165, 1.54) is 5.56 Å². The number of aliphatic carboxylic acids is 1. The van der Waals surface area contributed by atoms with Crippen LogP contribution in [0.4, 0.5) is 0 Å². The predicted octanol–water partition coefficient (Wildman–Crippen LogP) is 7.61.